The molecule has 4 heteroatoms. The number of rotatable bonds is 3. The van der Waals surface area contributed by atoms with Gasteiger partial charge in [-0.1, -0.05) is 36.8 Å². The molecule has 0 radical (unpaired) electrons. The smallest absolute Gasteiger partial charge is 0.224 e. The van der Waals surface area contributed by atoms with Crippen LogP contribution in [0.1, 0.15) is 44.1 Å². The monoisotopic (exact) mass is 316 g/mol. The first-order chi connectivity index (χ1) is 11.1. The van der Waals surface area contributed by atoms with Crippen molar-refractivity contribution in [1.29, 1.82) is 0 Å². The van der Waals surface area contributed by atoms with Gasteiger partial charge < -0.3 is 14.9 Å². The van der Waals surface area contributed by atoms with E-state index in [4.69, 9.17) is 0 Å². The molecule has 1 atom stereocenters. The average molecular weight is 316 g/mol. The summed E-state index contributed by atoms with van der Waals surface area (Å²) in [5.74, 6) is 0.249. The van der Waals surface area contributed by atoms with Crippen molar-refractivity contribution < 1.29 is 9.90 Å². The van der Waals surface area contributed by atoms with Crippen molar-refractivity contribution in [3.05, 3.63) is 35.9 Å². The maximum atomic E-state index is 12.6. The molecule has 0 bridgehead atoms. The van der Waals surface area contributed by atoms with Gasteiger partial charge in [0.05, 0.1) is 5.60 Å². The molecule has 4 nitrogen and oxygen atoms in total. The summed E-state index contributed by atoms with van der Waals surface area (Å²) < 4.78 is 0. The second kappa shape index (κ2) is 7.02. The van der Waals surface area contributed by atoms with Crippen LogP contribution in [-0.2, 0) is 10.4 Å². The highest BCUT2D eigenvalue weighted by atomic mass is 16.3. The van der Waals surface area contributed by atoms with Gasteiger partial charge >= 0.3 is 0 Å². The van der Waals surface area contributed by atoms with Gasteiger partial charge in [-0.2, -0.15) is 0 Å². The molecule has 1 aromatic rings. The Labute approximate surface area is 139 Å². The van der Waals surface area contributed by atoms with Crippen molar-refractivity contribution in [1.82, 2.24) is 9.80 Å². The predicted molar refractivity (Wildman–Crippen MR) is 91.0 cm³/mol. The van der Waals surface area contributed by atoms with E-state index in [-0.39, 0.29) is 5.91 Å². The van der Waals surface area contributed by atoms with E-state index in [1.807, 2.05) is 35.2 Å². The van der Waals surface area contributed by atoms with Crippen molar-refractivity contribution in [3.63, 3.8) is 0 Å². The van der Waals surface area contributed by atoms with Gasteiger partial charge in [-0.15, -0.1) is 0 Å². The fourth-order valence-electron chi connectivity index (χ4n) is 3.90. The molecule has 0 spiro atoms. The number of likely N-dealkylation sites (tertiary alicyclic amines) is 2. The van der Waals surface area contributed by atoms with Crippen LogP contribution in [0.3, 0.4) is 0 Å². The van der Waals surface area contributed by atoms with Crippen molar-refractivity contribution in [2.45, 2.75) is 50.2 Å². The van der Waals surface area contributed by atoms with Crippen molar-refractivity contribution in [2.24, 2.45) is 0 Å². The molecule has 0 unspecified atom stereocenters. The normalized spacial score (nSPS) is 25.3. The van der Waals surface area contributed by atoms with Crippen LogP contribution in [0.15, 0.2) is 30.3 Å². The summed E-state index contributed by atoms with van der Waals surface area (Å²) in [7, 11) is 2.13. The quantitative estimate of drug-likeness (QED) is 0.931. The Bertz CT molecular complexity index is 523. The number of benzene rings is 1. The lowest BCUT2D eigenvalue weighted by atomic mass is 9.84. The first kappa shape index (κ1) is 16.5. The summed E-state index contributed by atoms with van der Waals surface area (Å²) in [4.78, 5) is 16.8. The second-order valence-corrected chi connectivity index (χ2v) is 7.11. The molecule has 0 aliphatic carbocycles. The van der Waals surface area contributed by atoms with Crippen molar-refractivity contribution in [3.8, 4) is 0 Å². The molecular weight excluding hydrogens is 288 g/mol. The fraction of sp³-hybridized carbons (Fsp3) is 0.632. The van der Waals surface area contributed by atoms with Crippen LogP contribution >= 0.6 is 0 Å². The first-order valence-corrected chi connectivity index (χ1v) is 8.84. The third-order valence-corrected chi connectivity index (χ3v) is 5.59. The minimum atomic E-state index is -0.778. The minimum Gasteiger partial charge on any atom is -0.385 e. The molecule has 1 amide bonds. The van der Waals surface area contributed by atoms with Crippen LogP contribution in [0.5, 0.6) is 0 Å². The van der Waals surface area contributed by atoms with Crippen LogP contribution in [0.4, 0.5) is 0 Å². The molecule has 126 valence electrons. The average Bonchev–Trinajstić information content (AvgIpc) is 2.58. The van der Waals surface area contributed by atoms with Crippen LogP contribution in [0, 0.1) is 0 Å². The molecule has 0 aromatic heterocycles. The highest BCUT2D eigenvalue weighted by Crippen LogP contribution is 2.33. The Morgan fingerprint density at radius 2 is 1.87 bits per heavy atom. The third kappa shape index (κ3) is 3.75. The number of hydrogen-bond donors (Lipinski definition) is 1. The van der Waals surface area contributed by atoms with Gasteiger partial charge in [0.15, 0.2) is 0 Å². The molecule has 0 saturated carbocycles. The zero-order chi connectivity index (χ0) is 16.3. The molecule has 2 aliphatic heterocycles. The molecular formula is C19H28N2O2. The van der Waals surface area contributed by atoms with Crippen LogP contribution in [0.2, 0.25) is 0 Å². The van der Waals surface area contributed by atoms with E-state index >= 15 is 0 Å². The highest BCUT2D eigenvalue weighted by molar-refractivity contribution is 5.77. The van der Waals surface area contributed by atoms with Crippen molar-refractivity contribution >= 4 is 5.91 Å². The maximum Gasteiger partial charge on any atom is 0.224 e. The van der Waals surface area contributed by atoms with Gasteiger partial charge in [0.1, 0.15) is 0 Å². The second-order valence-electron chi connectivity index (χ2n) is 7.11. The lowest BCUT2D eigenvalue weighted by Gasteiger charge is -2.40. The molecule has 1 aromatic carbocycles. The van der Waals surface area contributed by atoms with Gasteiger partial charge in [-0.25, -0.2) is 0 Å². The minimum absolute atomic E-state index is 0.249. The SMILES string of the molecule is CN1CCCC[C@@H]1CC(=O)N1CCC(O)(c2ccccc2)CC1. The Morgan fingerprint density at radius 1 is 1.17 bits per heavy atom. The van der Waals surface area contributed by atoms with Gasteiger partial charge in [0.2, 0.25) is 5.91 Å². The molecule has 23 heavy (non-hydrogen) atoms. The number of piperidine rings is 2. The zero-order valence-corrected chi connectivity index (χ0v) is 14.1. The van der Waals surface area contributed by atoms with Crippen LogP contribution < -0.4 is 0 Å². The van der Waals surface area contributed by atoms with E-state index in [2.05, 4.69) is 11.9 Å². The molecule has 2 heterocycles. The lowest BCUT2D eigenvalue weighted by molar-refractivity contribution is -0.137. The standard InChI is InChI=1S/C19H28N2O2/c1-20-12-6-5-9-17(20)15-18(22)21-13-10-19(23,11-14-21)16-7-3-2-4-8-16/h2-4,7-8,17,23H,5-6,9-15H2,1H3/t17-/m1/s1. The van der Waals surface area contributed by atoms with E-state index in [9.17, 15) is 9.90 Å². The van der Waals surface area contributed by atoms with E-state index in [0.29, 0.717) is 38.4 Å². The summed E-state index contributed by atoms with van der Waals surface area (Å²) in [6.07, 6.45) is 5.49. The van der Waals surface area contributed by atoms with Crippen molar-refractivity contribution in [2.75, 3.05) is 26.7 Å². The van der Waals surface area contributed by atoms with E-state index < -0.39 is 5.60 Å². The Balaban J connectivity index is 1.55. The van der Waals surface area contributed by atoms with Gasteiger partial charge in [0, 0.05) is 25.6 Å². The van der Waals surface area contributed by atoms with Crippen LogP contribution in [0.25, 0.3) is 0 Å². The summed E-state index contributed by atoms with van der Waals surface area (Å²) in [6, 6.07) is 10.2. The van der Waals surface area contributed by atoms with Gasteiger partial charge in [-0.3, -0.25) is 4.79 Å². The molecule has 2 saturated heterocycles. The summed E-state index contributed by atoms with van der Waals surface area (Å²) in [6.45, 7) is 2.41. The molecule has 3 rings (SSSR count). The maximum absolute atomic E-state index is 12.6. The molecule has 2 aliphatic rings. The largest absolute Gasteiger partial charge is 0.385 e. The van der Waals surface area contributed by atoms with E-state index in [1.54, 1.807) is 0 Å². The number of nitrogens with zero attached hydrogens (tertiary/aromatic N) is 2. The number of amides is 1. The third-order valence-electron chi connectivity index (χ3n) is 5.59. The van der Waals surface area contributed by atoms with E-state index in [0.717, 1.165) is 18.5 Å². The fourth-order valence-corrected chi connectivity index (χ4v) is 3.90. The number of aliphatic hydroxyl groups is 1. The summed E-state index contributed by atoms with van der Waals surface area (Å²) in [5.41, 5.74) is 0.193. The number of hydrogen-bond acceptors (Lipinski definition) is 3. The Hall–Kier alpha value is -1.39. The van der Waals surface area contributed by atoms with Gasteiger partial charge in [0.25, 0.3) is 0 Å². The predicted octanol–water partition coefficient (Wildman–Crippen LogP) is 2.37. The number of carbonyl (C=O) groups is 1. The van der Waals surface area contributed by atoms with E-state index in [1.165, 1.54) is 12.8 Å². The Kier molecular flexibility index (Phi) is 5.02. The van der Waals surface area contributed by atoms with Gasteiger partial charge in [-0.05, 0) is 44.8 Å². The Morgan fingerprint density at radius 3 is 2.52 bits per heavy atom. The van der Waals surface area contributed by atoms with Crippen LogP contribution in [-0.4, -0.2) is 53.5 Å². The highest BCUT2D eigenvalue weighted by Gasteiger charge is 2.35. The summed E-state index contributed by atoms with van der Waals surface area (Å²) >= 11 is 0. The number of carbonyl (C=O) groups excluding carboxylic acids is 1. The summed E-state index contributed by atoms with van der Waals surface area (Å²) in [5, 5.41) is 10.9. The zero-order valence-electron chi connectivity index (χ0n) is 14.1. The lowest BCUT2D eigenvalue weighted by Crippen LogP contribution is -2.47. The molecule has 2 fully saturated rings. The molecule has 1 N–H and O–H groups in total. The topological polar surface area (TPSA) is 43.8 Å². The first-order valence-electron chi connectivity index (χ1n) is 8.84.